The Morgan fingerprint density at radius 3 is 1.20 bits per heavy atom. The van der Waals surface area contributed by atoms with Crippen LogP contribution in [0.2, 0.25) is 0 Å². The second kappa shape index (κ2) is 22.8. The van der Waals surface area contributed by atoms with Gasteiger partial charge < -0.3 is 4.74 Å². The summed E-state index contributed by atoms with van der Waals surface area (Å²) >= 11 is 0. The number of unbranched alkanes of at least 4 members (excludes halogenated alkanes) is 10. The Morgan fingerprint density at radius 1 is 0.492 bits per heavy atom. The minimum absolute atomic E-state index is 0.197. The van der Waals surface area contributed by atoms with Crippen molar-refractivity contribution in [3.63, 3.8) is 0 Å². The SMILES string of the molecule is CCCCCCCCC1CCC(C2([C@@]3(F)C=C[C@@H](COC[C@@H]4C=C[C@](F)(C5(C6CCC(CCCCCCCC)CC6)CCCCC5)C(F)=C4)C=C3F)CCCCC2)CC1. The molecule has 4 atom stereocenters. The average Bonchev–Trinajstić information content (AvgIpc) is 3.26. The van der Waals surface area contributed by atoms with Crippen LogP contribution < -0.4 is 0 Å². The topological polar surface area (TPSA) is 9.23 Å². The van der Waals surface area contributed by atoms with E-state index < -0.39 is 33.8 Å². The van der Waals surface area contributed by atoms with Gasteiger partial charge in [-0.2, -0.15) is 0 Å². The van der Waals surface area contributed by atoms with Crippen molar-refractivity contribution in [2.24, 2.45) is 46.3 Å². The van der Waals surface area contributed by atoms with Crippen LogP contribution in [0.4, 0.5) is 17.6 Å². The molecule has 336 valence electrons. The van der Waals surface area contributed by atoms with Gasteiger partial charge in [-0.3, -0.25) is 0 Å². The lowest BCUT2D eigenvalue weighted by atomic mass is 9.53. The standard InChI is InChI=1S/C54H86F4O/c1-3-5-7-9-11-15-21-43-23-27-47(28-24-43)51(33-17-13-18-34-51)53(57)37-31-45(39-49(53)55)41-59-42-46-32-38-54(58,50(56)40-46)52(35-19-14-20-36-52)48-29-25-44(26-30-48)22-16-12-10-8-6-4-2/h31-32,37-40,43-48H,3-30,33-36,41-42H2,1-2H3/t43?,44?,45-,46-,47?,48?,53-,54-/m1/s1. The van der Waals surface area contributed by atoms with Gasteiger partial charge in [-0.1, -0.05) is 180 Å². The molecule has 0 radical (unpaired) electrons. The van der Waals surface area contributed by atoms with Gasteiger partial charge in [0.1, 0.15) is 11.7 Å². The first kappa shape index (κ1) is 47.1. The summed E-state index contributed by atoms with van der Waals surface area (Å²) in [6.07, 6.45) is 46.0. The highest BCUT2D eigenvalue weighted by atomic mass is 19.2. The molecule has 4 saturated carbocycles. The zero-order valence-corrected chi connectivity index (χ0v) is 37.9. The zero-order chi connectivity index (χ0) is 41.6. The van der Waals surface area contributed by atoms with E-state index in [0.717, 1.165) is 127 Å². The predicted molar refractivity (Wildman–Crippen MR) is 240 cm³/mol. The van der Waals surface area contributed by atoms with Gasteiger partial charge >= 0.3 is 0 Å². The van der Waals surface area contributed by atoms with Gasteiger partial charge in [-0.05, 0) is 99.3 Å². The maximum absolute atomic E-state index is 17.4. The van der Waals surface area contributed by atoms with Crippen LogP contribution in [-0.4, -0.2) is 24.6 Å². The molecule has 0 aliphatic heterocycles. The van der Waals surface area contributed by atoms with Crippen molar-refractivity contribution < 1.29 is 22.3 Å². The molecule has 6 aliphatic rings. The molecule has 0 unspecified atom stereocenters. The quantitative estimate of drug-likeness (QED) is 0.0600. The van der Waals surface area contributed by atoms with Crippen LogP contribution in [0.1, 0.15) is 219 Å². The van der Waals surface area contributed by atoms with Crippen LogP contribution in [0, 0.1) is 46.3 Å². The molecule has 0 aromatic rings. The van der Waals surface area contributed by atoms with Crippen molar-refractivity contribution >= 4 is 0 Å². The smallest absolute Gasteiger partial charge is 0.185 e. The van der Waals surface area contributed by atoms with Crippen molar-refractivity contribution in [2.45, 2.75) is 231 Å². The van der Waals surface area contributed by atoms with E-state index in [9.17, 15) is 0 Å². The summed E-state index contributed by atoms with van der Waals surface area (Å²) in [6, 6.07) is 0. The highest BCUT2D eigenvalue weighted by Gasteiger charge is 2.60. The minimum atomic E-state index is -2.06. The van der Waals surface area contributed by atoms with Gasteiger partial charge in [0.05, 0.1) is 13.2 Å². The van der Waals surface area contributed by atoms with Crippen molar-refractivity contribution in [3.8, 4) is 0 Å². The molecule has 1 nitrogen and oxygen atoms in total. The first-order chi connectivity index (χ1) is 28.7. The molecular formula is C54H86F4O. The molecule has 6 aliphatic carbocycles. The zero-order valence-electron chi connectivity index (χ0n) is 37.9. The van der Waals surface area contributed by atoms with E-state index in [1.54, 1.807) is 12.2 Å². The molecule has 0 heterocycles. The second-order valence-electron chi connectivity index (χ2n) is 21.0. The van der Waals surface area contributed by atoms with Gasteiger partial charge in [0, 0.05) is 22.7 Å². The molecule has 0 spiro atoms. The van der Waals surface area contributed by atoms with Crippen molar-refractivity contribution in [3.05, 3.63) is 48.1 Å². The number of rotatable bonds is 22. The molecule has 0 aromatic heterocycles. The Morgan fingerprint density at radius 2 is 0.847 bits per heavy atom. The summed E-state index contributed by atoms with van der Waals surface area (Å²) in [5, 5.41) is 0. The molecule has 4 fully saturated rings. The molecule has 6 rings (SSSR count). The fourth-order valence-corrected chi connectivity index (χ4v) is 13.7. The summed E-state index contributed by atoms with van der Waals surface area (Å²) in [7, 11) is 0. The third-order valence-corrected chi connectivity index (χ3v) is 17.3. The minimum Gasteiger partial charge on any atom is -0.380 e. The van der Waals surface area contributed by atoms with E-state index in [2.05, 4.69) is 13.8 Å². The van der Waals surface area contributed by atoms with Gasteiger partial charge in [-0.25, -0.2) is 17.6 Å². The summed E-state index contributed by atoms with van der Waals surface area (Å²) in [6.45, 7) is 4.92. The number of ether oxygens (including phenoxy) is 1. The van der Waals surface area contributed by atoms with Gasteiger partial charge in [0.25, 0.3) is 0 Å². The van der Waals surface area contributed by atoms with Crippen LogP contribution in [0.5, 0.6) is 0 Å². The largest absolute Gasteiger partial charge is 0.380 e. The van der Waals surface area contributed by atoms with E-state index in [1.165, 1.54) is 102 Å². The lowest BCUT2D eigenvalue weighted by Gasteiger charge is -2.53. The molecule has 5 heteroatoms. The van der Waals surface area contributed by atoms with E-state index in [-0.39, 0.29) is 36.9 Å². The summed E-state index contributed by atoms with van der Waals surface area (Å²) < 4.78 is 73.6. The number of alkyl halides is 2. The van der Waals surface area contributed by atoms with E-state index >= 15 is 17.6 Å². The second-order valence-corrected chi connectivity index (χ2v) is 21.0. The number of hydrogen-bond acceptors (Lipinski definition) is 1. The Balaban J connectivity index is 0.995. The first-order valence-corrected chi connectivity index (χ1v) is 25.8. The first-order valence-electron chi connectivity index (χ1n) is 25.8. The molecule has 0 bridgehead atoms. The Hall–Kier alpha value is -1.36. The van der Waals surface area contributed by atoms with Gasteiger partial charge in [-0.15, -0.1) is 0 Å². The normalized spacial score (nSPS) is 34.7. The Kier molecular flexibility index (Phi) is 18.2. The van der Waals surface area contributed by atoms with Gasteiger partial charge in [0.15, 0.2) is 11.3 Å². The van der Waals surface area contributed by atoms with Crippen LogP contribution >= 0.6 is 0 Å². The molecule has 0 amide bonds. The van der Waals surface area contributed by atoms with Crippen molar-refractivity contribution in [2.75, 3.05) is 13.2 Å². The summed E-state index contributed by atoms with van der Waals surface area (Å²) in [5.74, 6) is -0.130. The van der Waals surface area contributed by atoms with E-state index in [4.69, 9.17) is 4.74 Å². The summed E-state index contributed by atoms with van der Waals surface area (Å²) in [4.78, 5) is 0. The summed E-state index contributed by atoms with van der Waals surface area (Å²) in [5.41, 5.74) is -5.47. The number of hydrogen-bond donors (Lipinski definition) is 0. The maximum atomic E-state index is 17.4. The molecular weight excluding hydrogens is 741 g/mol. The Bertz CT molecular complexity index is 1250. The fraction of sp³-hybridized carbons (Fsp3) is 0.852. The Labute approximate surface area is 359 Å². The number of halogens is 4. The fourth-order valence-electron chi connectivity index (χ4n) is 13.7. The molecule has 59 heavy (non-hydrogen) atoms. The lowest BCUT2D eigenvalue weighted by molar-refractivity contribution is -0.0591. The van der Waals surface area contributed by atoms with Gasteiger partial charge in [0.2, 0.25) is 0 Å². The van der Waals surface area contributed by atoms with Crippen molar-refractivity contribution in [1.29, 1.82) is 0 Å². The average molecular weight is 827 g/mol. The van der Waals surface area contributed by atoms with Crippen LogP contribution in [0.15, 0.2) is 48.1 Å². The molecule has 0 saturated heterocycles. The van der Waals surface area contributed by atoms with Crippen LogP contribution in [-0.2, 0) is 4.74 Å². The highest BCUT2D eigenvalue weighted by molar-refractivity contribution is 5.35. The highest BCUT2D eigenvalue weighted by Crippen LogP contribution is 2.62. The third kappa shape index (κ3) is 11.2. The van der Waals surface area contributed by atoms with Crippen LogP contribution in [0.3, 0.4) is 0 Å². The predicted octanol–water partition coefficient (Wildman–Crippen LogP) is 17.5. The monoisotopic (exact) mass is 827 g/mol. The maximum Gasteiger partial charge on any atom is 0.185 e. The third-order valence-electron chi connectivity index (χ3n) is 17.3. The molecule has 0 aromatic carbocycles. The van der Waals surface area contributed by atoms with Crippen LogP contribution in [0.25, 0.3) is 0 Å². The lowest BCUT2D eigenvalue weighted by Crippen LogP contribution is -2.52. The number of allylic oxidation sites excluding steroid dienone is 4. The van der Waals surface area contributed by atoms with E-state index in [0.29, 0.717) is 0 Å². The van der Waals surface area contributed by atoms with Crippen molar-refractivity contribution in [1.82, 2.24) is 0 Å². The molecule has 0 N–H and O–H groups in total. The van der Waals surface area contributed by atoms with E-state index in [1.807, 2.05) is 12.2 Å².